The normalized spacial score (nSPS) is 10.4. The van der Waals surface area contributed by atoms with E-state index < -0.39 is 0 Å². The van der Waals surface area contributed by atoms with E-state index in [2.05, 4.69) is 20.8 Å². The van der Waals surface area contributed by atoms with Gasteiger partial charge < -0.3 is 5.32 Å². The smallest absolute Gasteiger partial charge is 0.308 e. The van der Waals surface area contributed by atoms with Crippen LogP contribution in [0.5, 0.6) is 0 Å². The molecule has 0 unspecified atom stereocenters. The van der Waals surface area contributed by atoms with E-state index in [1.54, 1.807) is 0 Å². The van der Waals surface area contributed by atoms with E-state index in [0.717, 1.165) is 22.2 Å². The van der Waals surface area contributed by atoms with E-state index in [1.165, 1.54) is 0 Å². The number of urea groups is 1. The highest BCUT2D eigenvalue weighted by molar-refractivity contribution is 6.04. The molecule has 0 aliphatic rings. The monoisotopic (exact) mass is 266 g/mol. The molecule has 0 aliphatic carbocycles. The van der Waals surface area contributed by atoms with Gasteiger partial charge in [0, 0.05) is 11.1 Å². The number of benzene rings is 2. The lowest BCUT2D eigenvalue weighted by Crippen LogP contribution is -2.19. The quantitative estimate of drug-likeness (QED) is 0.664. The first-order chi connectivity index (χ1) is 9.72. The minimum absolute atomic E-state index is 0.314. The number of para-hydroxylation sites is 1. The van der Waals surface area contributed by atoms with Gasteiger partial charge in [-0.25, -0.2) is 4.79 Å². The predicted octanol–water partition coefficient (Wildman–Crippen LogP) is 3.52. The summed E-state index contributed by atoms with van der Waals surface area (Å²) in [6.45, 7) is 2.00. The number of nitrogens with zero attached hydrogens (tertiary/aromatic N) is 1. The van der Waals surface area contributed by atoms with Gasteiger partial charge in [0.1, 0.15) is 0 Å². The summed E-state index contributed by atoms with van der Waals surface area (Å²) in [5, 5.41) is 13.4. The molecule has 0 saturated heterocycles. The fourth-order valence-corrected chi connectivity index (χ4v) is 1.97. The number of fused-ring (bicyclic) bond motifs is 1. The second kappa shape index (κ2) is 5.05. The Kier molecular flexibility index (Phi) is 3.09. The van der Waals surface area contributed by atoms with E-state index in [9.17, 15) is 4.79 Å². The van der Waals surface area contributed by atoms with Crippen LogP contribution in [0.25, 0.3) is 10.9 Å². The third-order valence-corrected chi connectivity index (χ3v) is 3.01. The Bertz CT molecular complexity index is 746. The molecule has 3 aromatic rings. The molecule has 2 amide bonds. The predicted molar refractivity (Wildman–Crippen MR) is 79.9 cm³/mol. The molecule has 0 spiro atoms. The van der Waals surface area contributed by atoms with E-state index in [-0.39, 0.29) is 6.03 Å². The highest BCUT2D eigenvalue weighted by atomic mass is 16.2. The summed E-state index contributed by atoms with van der Waals surface area (Å²) in [7, 11) is 0. The summed E-state index contributed by atoms with van der Waals surface area (Å²) < 4.78 is 0. The van der Waals surface area contributed by atoms with Crippen LogP contribution in [0.3, 0.4) is 0 Å². The van der Waals surface area contributed by atoms with Crippen molar-refractivity contribution in [2.75, 3.05) is 10.6 Å². The number of hydrogen-bond acceptors (Lipinski definition) is 2. The van der Waals surface area contributed by atoms with Crippen LogP contribution >= 0.6 is 0 Å². The van der Waals surface area contributed by atoms with Crippen molar-refractivity contribution >= 4 is 28.4 Å². The number of rotatable bonds is 2. The summed E-state index contributed by atoms with van der Waals surface area (Å²) in [5.74, 6) is 0.519. The highest BCUT2D eigenvalue weighted by Crippen LogP contribution is 2.19. The Morgan fingerprint density at radius 2 is 1.80 bits per heavy atom. The van der Waals surface area contributed by atoms with Gasteiger partial charge >= 0.3 is 6.03 Å². The maximum atomic E-state index is 11.9. The van der Waals surface area contributed by atoms with Crippen molar-refractivity contribution in [3.05, 3.63) is 54.1 Å². The van der Waals surface area contributed by atoms with Crippen LogP contribution in [0.2, 0.25) is 0 Å². The zero-order chi connectivity index (χ0) is 13.9. The van der Waals surface area contributed by atoms with Crippen LogP contribution in [0.1, 0.15) is 5.56 Å². The number of carbonyl (C=O) groups is 1. The molecular formula is C15H14N4O. The number of H-pyrrole nitrogens is 1. The molecule has 3 N–H and O–H groups in total. The summed E-state index contributed by atoms with van der Waals surface area (Å²) >= 11 is 0. The van der Waals surface area contributed by atoms with Crippen LogP contribution in [0.4, 0.5) is 16.3 Å². The molecule has 1 aromatic heterocycles. The molecule has 0 radical (unpaired) electrons. The van der Waals surface area contributed by atoms with Gasteiger partial charge in [-0.05, 0) is 31.2 Å². The summed E-state index contributed by atoms with van der Waals surface area (Å²) in [4.78, 5) is 11.9. The Morgan fingerprint density at radius 1 is 1.05 bits per heavy atom. The molecule has 0 atom stereocenters. The summed E-state index contributed by atoms with van der Waals surface area (Å²) in [6, 6.07) is 14.9. The fourth-order valence-electron chi connectivity index (χ4n) is 1.97. The number of aryl methyl sites for hydroxylation is 1. The van der Waals surface area contributed by atoms with E-state index >= 15 is 0 Å². The Balaban J connectivity index is 1.74. The number of amides is 2. The number of carbonyl (C=O) groups excluding carboxylic acids is 1. The average Bonchev–Trinajstić information content (AvgIpc) is 2.85. The van der Waals surface area contributed by atoms with Crippen molar-refractivity contribution in [1.82, 2.24) is 10.2 Å². The lowest BCUT2D eigenvalue weighted by Gasteiger charge is -2.06. The molecule has 5 heteroatoms. The first-order valence-electron chi connectivity index (χ1n) is 6.30. The van der Waals surface area contributed by atoms with Crippen molar-refractivity contribution in [2.45, 2.75) is 6.92 Å². The molecule has 0 bridgehead atoms. The second-order valence-corrected chi connectivity index (χ2v) is 4.56. The lowest BCUT2D eigenvalue weighted by atomic mass is 10.2. The van der Waals surface area contributed by atoms with Gasteiger partial charge in [-0.1, -0.05) is 29.8 Å². The van der Waals surface area contributed by atoms with Crippen molar-refractivity contribution in [2.24, 2.45) is 0 Å². The van der Waals surface area contributed by atoms with Crippen molar-refractivity contribution in [3.63, 3.8) is 0 Å². The number of aromatic amines is 1. The number of anilines is 2. The Labute approximate surface area is 116 Å². The second-order valence-electron chi connectivity index (χ2n) is 4.56. The SMILES string of the molecule is Cc1ccc(NC(=O)Nc2n[nH]c3ccccc23)cc1. The van der Waals surface area contributed by atoms with Crippen molar-refractivity contribution < 1.29 is 4.79 Å². The largest absolute Gasteiger partial charge is 0.324 e. The van der Waals surface area contributed by atoms with Gasteiger partial charge in [0.25, 0.3) is 0 Å². The first kappa shape index (κ1) is 12.2. The molecule has 0 fully saturated rings. The molecule has 2 aromatic carbocycles. The van der Waals surface area contributed by atoms with Gasteiger partial charge in [0.15, 0.2) is 5.82 Å². The molecule has 20 heavy (non-hydrogen) atoms. The Hall–Kier alpha value is -2.82. The summed E-state index contributed by atoms with van der Waals surface area (Å²) in [6.07, 6.45) is 0. The number of hydrogen-bond donors (Lipinski definition) is 3. The minimum Gasteiger partial charge on any atom is -0.308 e. The van der Waals surface area contributed by atoms with E-state index in [4.69, 9.17) is 0 Å². The van der Waals surface area contributed by atoms with Gasteiger partial charge in [-0.3, -0.25) is 10.4 Å². The zero-order valence-electron chi connectivity index (χ0n) is 11.0. The van der Waals surface area contributed by atoms with Gasteiger partial charge in [-0.2, -0.15) is 5.10 Å². The number of nitrogens with one attached hydrogen (secondary N) is 3. The van der Waals surface area contributed by atoms with Gasteiger partial charge in [0.05, 0.1) is 5.52 Å². The van der Waals surface area contributed by atoms with Crippen molar-refractivity contribution in [1.29, 1.82) is 0 Å². The summed E-state index contributed by atoms with van der Waals surface area (Å²) in [5.41, 5.74) is 2.78. The van der Waals surface area contributed by atoms with Crippen LogP contribution in [0, 0.1) is 6.92 Å². The van der Waals surface area contributed by atoms with Crippen molar-refractivity contribution in [3.8, 4) is 0 Å². The standard InChI is InChI=1S/C15H14N4O/c1-10-6-8-11(9-7-10)16-15(20)17-14-12-4-2-3-5-13(12)18-19-14/h2-9H,1H3,(H3,16,17,18,19,20). The maximum absolute atomic E-state index is 11.9. The molecule has 1 heterocycles. The van der Waals surface area contributed by atoms with E-state index in [0.29, 0.717) is 5.82 Å². The third-order valence-electron chi connectivity index (χ3n) is 3.01. The molecular weight excluding hydrogens is 252 g/mol. The van der Waals surface area contributed by atoms with Gasteiger partial charge in [-0.15, -0.1) is 0 Å². The fraction of sp³-hybridized carbons (Fsp3) is 0.0667. The Morgan fingerprint density at radius 3 is 2.60 bits per heavy atom. The molecule has 100 valence electrons. The first-order valence-corrected chi connectivity index (χ1v) is 6.30. The maximum Gasteiger partial charge on any atom is 0.324 e. The highest BCUT2D eigenvalue weighted by Gasteiger charge is 2.08. The van der Waals surface area contributed by atoms with Crippen LogP contribution in [-0.2, 0) is 0 Å². The molecule has 0 aliphatic heterocycles. The lowest BCUT2D eigenvalue weighted by molar-refractivity contribution is 0.262. The third kappa shape index (κ3) is 2.47. The molecule has 0 saturated carbocycles. The topological polar surface area (TPSA) is 69.8 Å². The number of aromatic nitrogens is 2. The minimum atomic E-state index is -0.314. The van der Waals surface area contributed by atoms with Crippen LogP contribution < -0.4 is 10.6 Å². The molecule has 5 nitrogen and oxygen atoms in total. The zero-order valence-corrected chi connectivity index (χ0v) is 11.0. The van der Waals surface area contributed by atoms with E-state index in [1.807, 2.05) is 55.5 Å². The van der Waals surface area contributed by atoms with Gasteiger partial charge in [0.2, 0.25) is 0 Å². The molecule has 3 rings (SSSR count). The van der Waals surface area contributed by atoms with Crippen LogP contribution in [0.15, 0.2) is 48.5 Å². The average molecular weight is 266 g/mol. The van der Waals surface area contributed by atoms with Crippen LogP contribution in [-0.4, -0.2) is 16.2 Å².